The number of halogens is 2. The van der Waals surface area contributed by atoms with E-state index in [2.05, 4.69) is 34.3 Å². The number of hydrogen-bond donors (Lipinski definition) is 0. The van der Waals surface area contributed by atoms with Crippen LogP contribution >= 0.6 is 23.2 Å². The van der Waals surface area contributed by atoms with Gasteiger partial charge in [0.05, 0.1) is 6.21 Å². The van der Waals surface area contributed by atoms with Crippen LogP contribution in [0.1, 0.15) is 23.1 Å². The standard InChI is InChI=1S/C25H24Cl2N2O2/c26-22-11-10-21(24(27)14-22)18-30-25-9-5-4-8-20(25)15-28-31-23-12-13-29(17-23)16-19-6-2-1-3-7-19/h1-11,14-15,23H,12-13,16-18H2. The molecule has 0 radical (unpaired) electrons. The highest BCUT2D eigenvalue weighted by molar-refractivity contribution is 6.35. The number of para-hydroxylation sites is 1. The van der Waals surface area contributed by atoms with Crippen LogP contribution in [-0.4, -0.2) is 30.3 Å². The van der Waals surface area contributed by atoms with Gasteiger partial charge in [-0.1, -0.05) is 76.9 Å². The highest BCUT2D eigenvalue weighted by Crippen LogP contribution is 2.24. The Hall–Kier alpha value is -2.53. The number of benzene rings is 3. The maximum atomic E-state index is 6.24. The van der Waals surface area contributed by atoms with Crippen molar-refractivity contribution in [2.24, 2.45) is 5.16 Å². The Labute approximate surface area is 193 Å². The first-order chi connectivity index (χ1) is 15.2. The largest absolute Gasteiger partial charge is 0.488 e. The van der Waals surface area contributed by atoms with Gasteiger partial charge in [0.2, 0.25) is 0 Å². The van der Waals surface area contributed by atoms with E-state index in [0.29, 0.717) is 16.7 Å². The third-order valence-corrected chi connectivity index (χ3v) is 5.78. The number of ether oxygens (including phenoxy) is 1. The fraction of sp³-hybridized carbons (Fsp3) is 0.240. The average molecular weight is 455 g/mol. The Morgan fingerprint density at radius 1 is 1.00 bits per heavy atom. The third kappa shape index (κ3) is 6.23. The predicted molar refractivity (Wildman–Crippen MR) is 126 cm³/mol. The van der Waals surface area contributed by atoms with E-state index in [-0.39, 0.29) is 6.10 Å². The van der Waals surface area contributed by atoms with Crippen molar-refractivity contribution in [3.63, 3.8) is 0 Å². The molecule has 0 spiro atoms. The first kappa shape index (κ1) is 21.7. The van der Waals surface area contributed by atoms with Crippen LogP contribution < -0.4 is 4.74 Å². The first-order valence-corrected chi connectivity index (χ1v) is 11.0. The fourth-order valence-electron chi connectivity index (χ4n) is 3.55. The molecule has 0 amide bonds. The molecule has 0 bridgehead atoms. The van der Waals surface area contributed by atoms with Crippen molar-refractivity contribution in [2.75, 3.05) is 13.1 Å². The van der Waals surface area contributed by atoms with Crippen LogP contribution in [0, 0.1) is 0 Å². The summed E-state index contributed by atoms with van der Waals surface area (Å²) in [6, 6.07) is 23.6. The van der Waals surface area contributed by atoms with Crippen LogP contribution in [0.15, 0.2) is 78.0 Å². The van der Waals surface area contributed by atoms with Gasteiger partial charge in [0.1, 0.15) is 18.5 Å². The van der Waals surface area contributed by atoms with E-state index >= 15 is 0 Å². The minimum Gasteiger partial charge on any atom is -0.488 e. The lowest BCUT2D eigenvalue weighted by atomic mass is 10.2. The molecule has 4 nitrogen and oxygen atoms in total. The Morgan fingerprint density at radius 2 is 1.81 bits per heavy atom. The van der Waals surface area contributed by atoms with Gasteiger partial charge in [0.15, 0.2) is 0 Å². The molecule has 1 unspecified atom stereocenters. The second-order valence-electron chi connectivity index (χ2n) is 7.53. The van der Waals surface area contributed by atoms with Crippen molar-refractivity contribution in [3.8, 4) is 5.75 Å². The lowest BCUT2D eigenvalue weighted by molar-refractivity contribution is 0.0656. The van der Waals surface area contributed by atoms with Crippen molar-refractivity contribution in [1.29, 1.82) is 0 Å². The molecule has 0 aromatic heterocycles. The van der Waals surface area contributed by atoms with Gasteiger partial charge in [0.25, 0.3) is 0 Å². The summed E-state index contributed by atoms with van der Waals surface area (Å²) in [4.78, 5) is 8.15. The Bertz CT molecular complexity index is 1030. The Kier molecular flexibility index (Phi) is 7.47. The van der Waals surface area contributed by atoms with Gasteiger partial charge in [-0.3, -0.25) is 4.90 Å². The van der Waals surface area contributed by atoms with Crippen LogP contribution in [0.2, 0.25) is 10.0 Å². The van der Waals surface area contributed by atoms with E-state index in [1.165, 1.54) is 5.56 Å². The van der Waals surface area contributed by atoms with Crippen molar-refractivity contribution in [1.82, 2.24) is 4.90 Å². The summed E-state index contributed by atoms with van der Waals surface area (Å²) < 4.78 is 5.97. The van der Waals surface area contributed by atoms with Gasteiger partial charge in [-0.15, -0.1) is 0 Å². The maximum Gasteiger partial charge on any atom is 0.141 e. The van der Waals surface area contributed by atoms with Crippen molar-refractivity contribution in [3.05, 3.63) is 99.5 Å². The van der Waals surface area contributed by atoms with E-state index in [1.807, 2.05) is 36.4 Å². The number of oxime groups is 1. The molecule has 1 saturated heterocycles. The summed E-state index contributed by atoms with van der Waals surface area (Å²) >= 11 is 12.2. The number of likely N-dealkylation sites (tertiary alicyclic amines) is 1. The highest BCUT2D eigenvalue weighted by atomic mass is 35.5. The number of rotatable bonds is 8. The molecule has 1 atom stereocenters. The van der Waals surface area contributed by atoms with E-state index in [0.717, 1.165) is 42.9 Å². The van der Waals surface area contributed by atoms with Gasteiger partial charge in [-0.25, -0.2) is 0 Å². The second-order valence-corrected chi connectivity index (χ2v) is 8.38. The lowest BCUT2D eigenvalue weighted by Gasteiger charge is -2.15. The van der Waals surface area contributed by atoms with Gasteiger partial charge in [0, 0.05) is 47.2 Å². The molecule has 1 heterocycles. The Balaban J connectivity index is 1.30. The zero-order valence-corrected chi connectivity index (χ0v) is 18.6. The summed E-state index contributed by atoms with van der Waals surface area (Å²) in [5.74, 6) is 0.720. The van der Waals surface area contributed by atoms with Crippen molar-refractivity contribution in [2.45, 2.75) is 25.7 Å². The van der Waals surface area contributed by atoms with Crippen molar-refractivity contribution < 1.29 is 9.57 Å². The normalized spacial score (nSPS) is 16.6. The summed E-state index contributed by atoms with van der Waals surface area (Å²) in [5.41, 5.74) is 3.05. The molecule has 160 valence electrons. The van der Waals surface area contributed by atoms with E-state index in [1.54, 1.807) is 18.3 Å². The lowest BCUT2D eigenvalue weighted by Crippen LogP contribution is -2.22. The maximum absolute atomic E-state index is 6.24. The zero-order chi connectivity index (χ0) is 21.5. The summed E-state index contributed by atoms with van der Waals surface area (Å²) in [7, 11) is 0. The van der Waals surface area contributed by atoms with Crippen LogP contribution in [0.4, 0.5) is 0 Å². The molecular weight excluding hydrogens is 431 g/mol. The third-order valence-electron chi connectivity index (χ3n) is 5.20. The molecular formula is C25H24Cl2N2O2. The average Bonchev–Trinajstić information content (AvgIpc) is 3.22. The van der Waals surface area contributed by atoms with Crippen LogP contribution in [0.3, 0.4) is 0 Å². The molecule has 0 N–H and O–H groups in total. The minimum absolute atomic E-state index is 0.0981. The van der Waals surface area contributed by atoms with Crippen molar-refractivity contribution >= 4 is 29.4 Å². The molecule has 6 heteroatoms. The van der Waals surface area contributed by atoms with Crippen LogP contribution in [-0.2, 0) is 18.0 Å². The summed E-state index contributed by atoms with van der Waals surface area (Å²) in [5, 5.41) is 5.43. The molecule has 1 fully saturated rings. The topological polar surface area (TPSA) is 34.1 Å². The van der Waals surface area contributed by atoms with Gasteiger partial charge in [-0.05, 0) is 29.8 Å². The van der Waals surface area contributed by atoms with E-state index < -0.39 is 0 Å². The van der Waals surface area contributed by atoms with E-state index in [9.17, 15) is 0 Å². The van der Waals surface area contributed by atoms with Gasteiger partial charge >= 0.3 is 0 Å². The second kappa shape index (κ2) is 10.7. The van der Waals surface area contributed by atoms with Crippen LogP contribution in [0.25, 0.3) is 0 Å². The summed E-state index contributed by atoms with van der Waals surface area (Å²) in [6.45, 7) is 3.17. The molecule has 0 saturated carbocycles. The monoisotopic (exact) mass is 454 g/mol. The molecule has 1 aliphatic rings. The van der Waals surface area contributed by atoms with Gasteiger partial charge < -0.3 is 9.57 Å². The molecule has 31 heavy (non-hydrogen) atoms. The quantitative estimate of drug-likeness (QED) is 0.300. The molecule has 3 aromatic rings. The minimum atomic E-state index is 0.0981. The Morgan fingerprint density at radius 3 is 2.65 bits per heavy atom. The number of hydrogen-bond acceptors (Lipinski definition) is 4. The molecule has 4 rings (SSSR count). The fourth-order valence-corrected chi connectivity index (χ4v) is 4.02. The summed E-state index contributed by atoms with van der Waals surface area (Å²) in [6.07, 6.45) is 2.77. The zero-order valence-electron chi connectivity index (χ0n) is 17.1. The molecule has 1 aliphatic heterocycles. The van der Waals surface area contributed by atoms with E-state index in [4.69, 9.17) is 32.8 Å². The van der Waals surface area contributed by atoms with Crippen LogP contribution in [0.5, 0.6) is 5.75 Å². The van der Waals surface area contributed by atoms with Gasteiger partial charge in [-0.2, -0.15) is 0 Å². The molecule has 0 aliphatic carbocycles. The SMILES string of the molecule is Clc1ccc(COc2ccccc2C=NOC2CCN(Cc3ccccc3)C2)c(Cl)c1. The number of nitrogens with zero attached hydrogens (tertiary/aromatic N) is 2. The smallest absolute Gasteiger partial charge is 0.141 e. The predicted octanol–water partition coefficient (Wildman–Crippen LogP) is 6.20. The first-order valence-electron chi connectivity index (χ1n) is 10.3. The highest BCUT2D eigenvalue weighted by Gasteiger charge is 2.23. The molecule has 3 aromatic carbocycles.